The van der Waals surface area contributed by atoms with Crippen LogP contribution in [0.1, 0.15) is 19.8 Å². The van der Waals surface area contributed by atoms with Gasteiger partial charge in [-0.3, -0.25) is 0 Å². The van der Waals surface area contributed by atoms with Crippen molar-refractivity contribution in [2.45, 2.75) is 37.4 Å². The molecule has 20 heavy (non-hydrogen) atoms. The van der Waals surface area contributed by atoms with E-state index < -0.39 is 0 Å². The average Bonchev–Trinajstić information content (AvgIpc) is 2.44. The first-order chi connectivity index (χ1) is 9.79. The molecule has 0 aromatic rings. The van der Waals surface area contributed by atoms with Gasteiger partial charge in [-0.05, 0) is 12.8 Å². The van der Waals surface area contributed by atoms with Crippen LogP contribution < -0.4 is 0 Å². The Hall–Kier alpha value is 0.0900. The number of alkyl halides is 1. The molecule has 0 aromatic carbocycles. The maximum absolute atomic E-state index is 6.11. The molecule has 0 radical (unpaired) electrons. The van der Waals surface area contributed by atoms with E-state index in [0.29, 0.717) is 39.6 Å². The quantitative estimate of drug-likeness (QED) is 0.384. The SMILES string of the molecule is CCCOC1C(Cl)CC1OCCOCCOCCOC. The molecular formula is C14H27ClO5. The van der Waals surface area contributed by atoms with Gasteiger partial charge in [0.05, 0.1) is 51.1 Å². The van der Waals surface area contributed by atoms with Crippen LogP contribution in [0.3, 0.4) is 0 Å². The van der Waals surface area contributed by atoms with Gasteiger partial charge in [0.15, 0.2) is 0 Å². The van der Waals surface area contributed by atoms with E-state index in [1.54, 1.807) is 7.11 Å². The smallest absolute Gasteiger partial charge is 0.100 e. The van der Waals surface area contributed by atoms with Crippen molar-refractivity contribution in [3.05, 3.63) is 0 Å². The van der Waals surface area contributed by atoms with E-state index in [1.165, 1.54) is 0 Å². The van der Waals surface area contributed by atoms with Gasteiger partial charge in [-0.25, -0.2) is 0 Å². The van der Waals surface area contributed by atoms with E-state index in [2.05, 4.69) is 6.92 Å². The molecule has 0 N–H and O–H groups in total. The summed E-state index contributed by atoms with van der Waals surface area (Å²) in [5.74, 6) is 0. The molecule has 5 nitrogen and oxygen atoms in total. The minimum Gasteiger partial charge on any atom is -0.382 e. The lowest BCUT2D eigenvalue weighted by Gasteiger charge is -2.40. The molecule has 1 rings (SSSR count). The molecule has 1 aliphatic rings. The Labute approximate surface area is 126 Å². The lowest BCUT2D eigenvalue weighted by atomic mass is 9.91. The van der Waals surface area contributed by atoms with Crippen LogP contribution in [-0.4, -0.2) is 70.9 Å². The first kappa shape index (κ1) is 18.1. The number of rotatable bonds is 13. The number of hydrogen-bond donors (Lipinski definition) is 0. The summed E-state index contributed by atoms with van der Waals surface area (Å²) in [6.07, 6.45) is 2.01. The Bertz CT molecular complexity index is 230. The molecule has 3 unspecified atom stereocenters. The van der Waals surface area contributed by atoms with Gasteiger partial charge in [0.1, 0.15) is 6.10 Å². The van der Waals surface area contributed by atoms with Crippen LogP contribution in [0.2, 0.25) is 0 Å². The molecule has 0 bridgehead atoms. The van der Waals surface area contributed by atoms with Crippen LogP contribution in [0.25, 0.3) is 0 Å². The molecule has 0 spiro atoms. The zero-order chi connectivity index (χ0) is 14.6. The normalized spacial score (nSPS) is 25.6. The van der Waals surface area contributed by atoms with Crippen molar-refractivity contribution in [1.82, 2.24) is 0 Å². The van der Waals surface area contributed by atoms with Gasteiger partial charge in [-0.1, -0.05) is 6.92 Å². The predicted octanol–water partition coefficient (Wildman–Crippen LogP) is 1.86. The lowest BCUT2D eigenvalue weighted by Crippen LogP contribution is -2.51. The number of methoxy groups -OCH3 is 1. The maximum Gasteiger partial charge on any atom is 0.100 e. The second-order valence-electron chi connectivity index (χ2n) is 4.71. The third-order valence-corrected chi connectivity index (χ3v) is 3.48. The van der Waals surface area contributed by atoms with Gasteiger partial charge in [-0.2, -0.15) is 0 Å². The lowest BCUT2D eigenvalue weighted by molar-refractivity contribution is -0.132. The molecule has 0 aromatic heterocycles. The zero-order valence-corrected chi connectivity index (χ0v) is 13.3. The van der Waals surface area contributed by atoms with Crippen LogP contribution >= 0.6 is 11.6 Å². The first-order valence-electron chi connectivity index (χ1n) is 7.31. The fourth-order valence-corrected chi connectivity index (χ4v) is 2.29. The minimum atomic E-state index is 0.0361. The Balaban J connectivity index is 1.88. The number of hydrogen-bond acceptors (Lipinski definition) is 5. The van der Waals surface area contributed by atoms with Crippen molar-refractivity contribution < 1.29 is 23.7 Å². The third kappa shape index (κ3) is 7.20. The maximum atomic E-state index is 6.11. The van der Waals surface area contributed by atoms with Crippen molar-refractivity contribution in [2.75, 3.05) is 53.4 Å². The molecule has 0 heterocycles. The predicted molar refractivity (Wildman–Crippen MR) is 77.5 cm³/mol. The highest BCUT2D eigenvalue weighted by molar-refractivity contribution is 6.21. The van der Waals surface area contributed by atoms with Crippen molar-refractivity contribution in [3.8, 4) is 0 Å². The Morgan fingerprint density at radius 3 is 2.15 bits per heavy atom. The Kier molecular flexibility index (Phi) is 10.6. The summed E-state index contributed by atoms with van der Waals surface area (Å²) in [6.45, 7) is 6.33. The monoisotopic (exact) mass is 310 g/mol. The highest BCUT2D eigenvalue weighted by Gasteiger charge is 2.41. The summed E-state index contributed by atoms with van der Waals surface area (Å²) < 4.78 is 26.9. The first-order valence-corrected chi connectivity index (χ1v) is 7.75. The summed E-state index contributed by atoms with van der Waals surface area (Å²) in [5, 5.41) is 0.0849. The van der Waals surface area contributed by atoms with Crippen LogP contribution in [0, 0.1) is 0 Å². The number of halogens is 1. The standard InChI is InChI=1S/C14H27ClO5/c1-3-4-20-14-12(15)11-13(14)19-10-9-18-8-7-17-6-5-16-2/h12-14H,3-11H2,1-2H3. The van der Waals surface area contributed by atoms with E-state index in [4.69, 9.17) is 35.3 Å². The van der Waals surface area contributed by atoms with Crippen molar-refractivity contribution in [1.29, 1.82) is 0 Å². The van der Waals surface area contributed by atoms with Crippen LogP contribution in [0.15, 0.2) is 0 Å². The second kappa shape index (κ2) is 11.7. The van der Waals surface area contributed by atoms with Gasteiger partial charge < -0.3 is 23.7 Å². The van der Waals surface area contributed by atoms with Crippen molar-refractivity contribution in [2.24, 2.45) is 0 Å². The summed E-state index contributed by atoms with van der Waals surface area (Å²) in [6, 6.07) is 0. The molecule has 120 valence electrons. The van der Waals surface area contributed by atoms with Gasteiger partial charge in [0.2, 0.25) is 0 Å². The molecule has 0 amide bonds. The Morgan fingerprint density at radius 2 is 1.55 bits per heavy atom. The van der Waals surface area contributed by atoms with Gasteiger partial charge in [0, 0.05) is 13.7 Å². The summed E-state index contributed by atoms with van der Waals surface area (Å²) in [5.41, 5.74) is 0. The zero-order valence-electron chi connectivity index (χ0n) is 12.5. The van der Waals surface area contributed by atoms with Gasteiger partial charge >= 0.3 is 0 Å². The number of ether oxygens (including phenoxy) is 5. The van der Waals surface area contributed by atoms with E-state index >= 15 is 0 Å². The van der Waals surface area contributed by atoms with E-state index in [9.17, 15) is 0 Å². The average molecular weight is 311 g/mol. The van der Waals surface area contributed by atoms with Crippen LogP contribution in [0.5, 0.6) is 0 Å². The molecule has 0 aliphatic heterocycles. The largest absolute Gasteiger partial charge is 0.382 e. The summed E-state index contributed by atoms with van der Waals surface area (Å²) in [7, 11) is 1.65. The molecular weight excluding hydrogens is 284 g/mol. The molecule has 6 heteroatoms. The highest BCUT2D eigenvalue weighted by atomic mass is 35.5. The third-order valence-electron chi connectivity index (χ3n) is 3.06. The fraction of sp³-hybridized carbons (Fsp3) is 1.00. The minimum absolute atomic E-state index is 0.0361. The van der Waals surface area contributed by atoms with E-state index in [1.807, 2.05) is 0 Å². The molecule has 0 saturated heterocycles. The van der Waals surface area contributed by atoms with Crippen molar-refractivity contribution >= 4 is 11.6 Å². The van der Waals surface area contributed by atoms with Crippen LogP contribution in [0.4, 0.5) is 0 Å². The van der Waals surface area contributed by atoms with Crippen molar-refractivity contribution in [3.63, 3.8) is 0 Å². The highest BCUT2D eigenvalue weighted by Crippen LogP contribution is 2.31. The van der Waals surface area contributed by atoms with E-state index in [0.717, 1.165) is 19.4 Å². The second-order valence-corrected chi connectivity index (χ2v) is 5.27. The topological polar surface area (TPSA) is 46.2 Å². The molecule has 1 fully saturated rings. The summed E-state index contributed by atoms with van der Waals surface area (Å²) >= 11 is 6.11. The Morgan fingerprint density at radius 1 is 0.900 bits per heavy atom. The fourth-order valence-electron chi connectivity index (χ4n) is 1.88. The van der Waals surface area contributed by atoms with E-state index in [-0.39, 0.29) is 17.6 Å². The van der Waals surface area contributed by atoms with Crippen LogP contribution in [-0.2, 0) is 23.7 Å². The molecule has 1 saturated carbocycles. The van der Waals surface area contributed by atoms with Gasteiger partial charge in [0.25, 0.3) is 0 Å². The van der Waals surface area contributed by atoms with Gasteiger partial charge in [-0.15, -0.1) is 11.6 Å². The summed E-state index contributed by atoms with van der Waals surface area (Å²) in [4.78, 5) is 0. The molecule has 3 atom stereocenters. The molecule has 1 aliphatic carbocycles.